The molecule has 1 saturated heterocycles. The molecule has 0 aliphatic carbocycles. The van der Waals surface area contributed by atoms with E-state index in [1.165, 1.54) is 0 Å². The lowest BCUT2D eigenvalue weighted by Crippen LogP contribution is -2.40. The molecule has 2 N–H and O–H groups in total. The second-order valence-electron chi connectivity index (χ2n) is 5.55. The van der Waals surface area contributed by atoms with Crippen molar-refractivity contribution in [3.8, 4) is 17.1 Å². The van der Waals surface area contributed by atoms with Gasteiger partial charge in [0.2, 0.25) is 0 Å². The van der Waals surface area contributed by atoms with Crippen LogP contribution in [0, 0.1) is 0 Å². The van der Waals surface area contributed by atoms with Crippen LogP contribution in [0.15, 0.2) is 36.7 Å². The first kappa shape index (κ1) is 15.9. The van der Waals surface area contributed by atoms with Gasteiger partial charge in [-0.2, -0.15) is 0 Å². The topological polar surface area (TPSA) is 70.5 Å². The first-order valence-corrected chi connectivity index (χ1v) is 7.93. The number of phenolic OH excluding ortho intramolecular Hbond substituents is 1. The van der Waals surface area contributed by atoms with Gasteiger partial charge in [-0.15, -0.1) is 0 Å². The number of nitrogens with zero attached hydrogens (tertiary/aromatic N) is 3. The number of rotatable bonds is 6. The number of aromatic nitrogens is 2. The van der Waals surface area contributed by atoms with E-state index in [2.05, 4.69) is 20.2 Å². The van der Waals surface area contributed by atoms with Gasteiger partial charge in [-0.25, -0.2) is 9.97 Å². The van der Waals surface area contributed by atoms with Crippen molar-refractivity contribution in [2.75, 3.05) is 39.4 Å². The van der Waals surface area contributed by atoms with Crippen molar-refractivity contribution >= 4 is 0 Å². The van der Waals surface area contributed by atoms with Crippen molar-refractivity contribution in [3.05, 3.63) is 42.2 Å². The minimum Gasteiger partial charge on any atom is -0.508 e. The summed E-state index contributed by atoms with van der Waals surface area (Å²) in [6, 6.07) is 7.26. The Morgan fingerprint density at radius 1 is 1.17 bits per heavy atom. The summed E-state index contributed by atoms with van der Waals surface area (Å²) in [5, 5.41) is 13.4. The van der Waals surface area contributed by atoms with Crippen molar-refractivity contribution in [1.82, 2.24) is 20.2 Å². The van der Waals surface area contributed by atoms with Gasteiger partial charge in [-0.1, -0.05) is 0 Å². The molecule has 1 aliphatic rings. The van der Waals surface area contributed by atoms with Gasteiger partial charge in [-0.05, 0) is 24.3 Å². The molecular formula is C17H22N4O2. The highest BCUT2D eigenvalue weighted by molar-refractivity contribution is 5.58. The summed E-state index contributed by atoms with van der Waals surface area (Å²) >= 11 is 0. The van der Waals surface area contributed by atoms with Gasteiger partial charge in [0.1, 0.15) is 5.75 Å². The third kappa shape index (κ3) is 4.48. The van der Waals surface area contributed by atoms with Crippen LogP contribution < -0.4 is 5.32 Å². The lowest BCUT2D eigenvalue weighted by atomic mass is 10.1. The average Bonchev–Trinajstić information content (AvgIpc) is 2.62. The number of nitrogens with one attached hydrogen (secondary N) is 1. The van der Waals surface area contributed by atoms with Crippen LogP contribution in [0.4, 0.5) is 0 Å². The maximum absolute atomic E-state index is 10.0. The summed E-state index contributed by atoms with van der Waals surface area (Å²) in [7, 11) is 0. The number of morpholine rings is 1. The third-order valence-electron chi connectivity index (χ3n) is 3.93. The molecular weight excluding hydrogens is 292 g/mol. The predicted octanol–water partition coefficient (Wildman–Crippen LogP) is 1.27. The fraction of sp³-hybridized carbons (Fsp3) is 0.412. The highest BCUT2D eigenvalue weighted by Gasteiger charge is 2.10. The van der Waals surface area contributed by atoms with E-state index in [-0.39, 0.29) is 0 Å². The zero-order chi connectivity index (χ0) is 15.9. The van der Waals surface area contributed by atoms with Crippen molar-refractivity contribution in [1.29, 1.82) is 0 Å². The van der Waals surface area contributed by atoms with Crippen LogP contribution in [0.1, 0.15) is 5.56 Å². The van der Waals surface area contributed by atoms with Crippen molar-refractivity contribution in [3.63, 3.8) is 0 Å². The monoisotopic (exact) mass is 314 g/mol. The lowest BCUT2D eigenvalue weighted by molar-refractivity contribution is 0.0384. The van der Waals surface area contributed by atoms with Crippen molar-refractivity contribution in [2.24, 2.45) is 0 Å². The van der Waals surface area contributed by atoms with E-state index in [1.54, 1.807) is 24.5 Å². The second-order valence-corrected chi connectivity index (χ2v) is 5.55. The molecule has 23 heavy (non-hydrogen) atoms. The molecule has 1 fully saturated rings. The maximum atomic E-state index is 10.0. The van der Waals surface area contributed by atoms with Crippen LogP contribution in [-0.2, 0) is 11.3 Å². The highest BCUT2D eigenvalue weighted by atomic mass is 16.5. The average molecular weight is 314 g/mol. The van der Waals surface area contributed by atoms with Crippen molar-refractivity contribution in [2.45, 2.75) is 6.54 Å². The number of hydrogen-bond donors (Lipinski definition) is 2. The summed E-state index contributed by atoms with van der Waals surface area (Å²) < 4.78 is 5.34. The van der Waals surface area contributed by atoms with E-state index in [1.807, 2.05) is 12.1 Å². The molecule has 0 amide bonds. The normalized spacial score (nSPS) is 15.7. The SMILES string of the molecule is Oc1ccc(-c2ncccn2)cc1CNCCN1CCOCC1. The number of aromatic hydroxyl groups is 1. The van der Waals surface area contributed by atoms with E-state index in [0.717, 1.165) is 50.5 Å². The van der Waals surface area contributed by atoms with Gasteiger partial charge in [0.25, 0.3) is 0 Å². The van der Waals surface area contributed by atoms with Crippen LogP contribution in [-0.4, -0.2) is 59.4 Å². The minimum absolute atomic E-state index is 0.295. The van der Waals surface area contributed by atoms with Gasteiger partial charge in [0.05, 0.1) is 13.2 Å². The summed E-state index contributed by atoms with van der Waals surface area (Å²) in [6.07, 6.45) is 3.44. The van der Waals surface area contributed by atoms with Gasteiger partial charge < -0.3 is 15.2 Å². The quantitative estimate of drug-likeness (QED) is 0.783. The zero-order valence-electron chi connectivity index (χ0n) is 13.1. The minimum atomic E-state index is 0.295. The smallest absolute Gasteiger partial charge is 0.159 e. The lowest BCUT2D eigenvalue weighted by Gasteiger charge is -2.26. The van der Waals surface area contributed by atoms with Gasteiger partial charge in [-0.3, -0.25) is 4.90 Å². The van der Waals surface area contributed by atoms with Gasteiger partial charge in [0, 0.05) is 56.2 Å². The first-order chi connectivity index (χ1) is 11.3. The third-order valence-corrected chi connectivity index (χ3v) is 3.93. The molecule has 122 valence electrons. The molecule has 0 radical (unpaired) electrons. The molecule has 1 aromatic carbocycles. The molecule has 3 rings (SSSR count). The Kier molecular flexibility index (Phi) is 5.52. The molecule has 6 nitrogen and oxygen atoms in total. The van der Waals surface area contributed by atoms with E-state index in [0.29, 0.717) is 18.1 Å². The first-order valence-electron chi connectivity index (χ1n) is 7.93. The molecule has 1 aromatic heterocycles. The van der Waals surface area contributed by atoms with E-state index in [9.17, 15) is 5.11 Å². The van der Waals surface area contributed by atoms with Crippen LogP contribution in [0.5, 0.6) is 5.75 Å². The Balaban J connectivity index is 1.55. The molecule has 0 saturated carbocycles. The standard InChI is InChI=1S/C17H22N4O2/c22-16-3-2-14(17-19-4-1-5-20-17)12-15(16)13-18-6-7-21-8-10-23-11-9-21/h1-5,12,18,22H,6-11,13H2. The molecule has 2 heterocycles. The largest absolute Gasteiger partial charge is 0.508 e. The van der Waals surface area contributed by atoms with Crippen LogP contribution in [0.2, 0.25) is 0 Å². The Bertz CT molecular complexity index is 615. The van der Waals surface area contributed by atoms with E-state index >= 15 is 0 Å². The Morgan fingerprint density at radius 3 is 2.74 bits per heavy atom. The maximum Gasteiger partial charge on any atom is 0.159 e. The summed E-state index contributed by atoms with van der Waals surface area (Å²) in [6.45, 7) is 6.12. The fourth-order valence-electron chi connectivity index (χ4n) is 2.60. The van der Waals surface area contributed by atoms with Crippen LogP contribution in [0.3, 0.4) is 0 Å². The fourth-order valence-corrected chi connectivity index (χ4v) is 2.60. The van der Waals surface area contributed by atoms with Gasteiger partial charge >= 0.3 is 0 Å². The van der Waals surface area contributed by atoms with E-state index in [4.69, 9.17) is 4.74 Å². The van der Waals surface area contributed by atoms with E-state index < -0.39 is 0 Å². The molecule has 0 atom stereocenters. The Hall–Kier alpha value is -2.02. The summed E-state index contributed by atoms with van der Waals surface area (Å²) in [5.74, 6) is 0.964. The number of phenols is 1. The second kappa shape index (κ2) is 8.01. The molecule has 0 unspecified atom stereocenters. The van der Waals surface area contributed by atoms with Crippen LogP contribution >= 0.6 is 0 Å². The van der Waals surface area contributed by atoms with Crippen molar-refractivity contribution < 1.29 is 9.84 Å². The van der Waals surface area contributed by atoms with Gasteiger partial charge in [0.15, 0.2) is 5.82 Å². The predicted molar refractivity (Wildman–Crippen MR) is 88.1 cm³/mol. The Morgan fingerprint density at radius 2 is 1.96 bits per heavy atom. The molecule has 1 aliphatic heterocycles. The zero-order valence-corrected chi connectivity index (χ0v) is 13.1. The summed E-state index contributed by atoms with van der Waals surface area (Å²) in [5.41, 5.74) is 1.77. The van der Waals surface area contributed by atoms with Crippen LogP contribution in [0.25, 0.3) is 11.4 Å². The number of hydrogen-bond acceptors (Lipinski definition) is 6. The molecule has 6 heteroatoms. The number of ether oxygens (including phenoxy) is 1. The molecule has 0 spiro atoms. The Labute approximate surface area is 136 Å². The molecule has 0 bridgehead atoms. The number of benzene rings is 1. The molecule has 2 aromatic rings. The highest BCUT2D eigenvalue weighted by Crippen LogP contribution is 2.23. The summed E-state index contributed by atoms with van der Waals surface area (Å²) in [4.78, 5) is 10.9.